The van der Waals surface area contributed by atoms with Crippen LogP contribution in [0.2, 0.25) is 5.02 Å². The van der Waals surface area contributed by atoms with Gasteiger partial charge in [-0.05, 0) is 43.8 Å². The van der Waals surface area contributed by atoms with E-state index < -0.39 is 5.82 Å². The van der Waals surface area contributed by atoms with Gasteiger partial charge in [-0.2, -0.15) is 0 Å². The average molecular weight is 306 g/mol. The van der Waals surface area contributed by atoms with Crippen molar-refractivity contribution >= 4 is 17.4 Å². The highest BCUT2D eigenvalue weighted by molar-refractivity contribution is 6.30. The van der Waals surface area contributed by atoms with Crippen LogP contribution in [-0.2, 0) is 0 Å². The molecule has 0 saturated carbocycles. The van der Waals surface area contributed by atoms with Crippen molar-refractivity contribution in [2.24, 2.45) is 0 Å². The predicted octanol–water partition coefficient (Wildman–Crippen LogP) is 4.35. The summed E-state index contributed by atoms with van der Waals surface area (Å²) in [6.45, 7) is 2.13. The number of rotatable bonds is 5. The second-order valence-electron chi connectivity index (χ2n) is 5.05. The first-order valence-electron chi connectivity index (χ1n) is 6.72. The van der Waals surface area contributed by atoms with E-state index in [9.17, 15) is 9.18 Å². The first-order valence-corrected chi connectivity index (χ1v) is 7.10. The molecular formula is C17H17ClFNO. The fourth-order valence-corrected chi connectivity index (χ4v) is 2.36. The molecule has 0 fully saturated rings. The Bertz CT molecular complexity index is 644. The number of hydrogen-bond acceptors (Lipinski definition) is 2. The molecule has 1 atom stereocenters. The van der Waals surface area contributed by atoms with Crippen molar-refractivity contribution in [2.45, 2.75) is 13.0 Å². The van der Waals surface area contributed by atoms with Crippen molar-refractivity contribution in [3.8, 4) is 0 Å². The molecule has 0 heterocycles. The maximum atomic E-state index is 13.6. The Morgan fingerprint density at radius 3 is 2.62 bits per heavy atom. The number of hydrogen-bond donors (Lipinski definition) is 0. The molecule has 110 valence electrons. The summed E-state index contributed by atoms with van der Waals surface area (Å²) < 4.78 is 13.6. The van der Waals surface area contributed by atoms with Crippen molar-refractivity contribution in [2.75, 3.05) is 13.6 Å². The molecule has 1 unspecified atom stereocenters. The largest absolute Gasteiger partial charge is 0.293 e. The van der Waals surface area contributed by atoms with Crippen molar-refractivity contribution in [1.29, 1.82) is 0 Å². The van der Waals surface area contributed by atoms with Crippen LogP contribution in [0.3, 0.4) is 0 Å². The normalized spacial score (nSPS) is 12.4. The summed E-state index contributed by atoms with van der Waals surface area (Å²) in [5.74, 6) is -0.712. The van der Waals surface area contributed by atoms with E-state index in [0.29, 0.717) is 5.02 Å². The molecule has 2 rings (SSSR count). The number of carbonyl (C=O) groups excluding carboxylic acids is 1. The molecule has 0 amide bonds. The second-order valence-corrected chi connectivity index (χ2v) is 5.49. The highest BCUT2D eigenvalue weighted by Crippen LogP contribution is 2.22. The van der Waals surface area contributed by atoms with Gasteiger partial charge < -0.3 is 0 Å². The summed E-state index contributed by atoms with van der Waals surface area (Å²) >= 11 is 5.98. The molecule has 0 saturated heterocycles. The quantitative estimate of drug-likeness (QED) is 0.765. The Morgan fingerprint density at radius 1 is 1.24 bits per heavy atom. The lowest BCUT2D eigenvalue weighted by molar-refractivity contribution is 0.0921. The average Bonchev–Trinajstić information content (AvgIpc) is 2.46. The van der Waals surface area contributed by atoms with Crippen molar-refractivity contribution < 1.29 is 9.18 Å². The van der Waals surface area contributed by atoms with E-state index in [2.05, 4.69) is 0 Å². The third-order valence-corrected chi connectivity index (χ3v) is 3.79. The monoisotopic (exact) mass is 305 g/mol. The summed E-state index contributed by atoms with van der Waals surface area (Å²) in [4.78, 5) is 14.0. The minimum absolute atomic E-state index is 0.0134. The number of carbonyl (C=O) groups is 1. The molecule has 0 aliphatic rings. The molecular weight excluding hydrogens is 289 g/mol. The first-order chi connectivity index (χ1) is 9.99. The Balaban J connectivity index is 2.09. The van der Waals surface area contributed by atoms with Gasteiger partial charge in [0.05, 0.1) is 12.1 Å². The van der Waals surface area contributed by atoms with Crippen molar-refractivity contribution in [3.05, 3.63) is 70.5 Å². The first kappa shape index (κ1) is 15.7. The van der Waals surface area contributed by atoms with Crippen LogP contribution in [0.5, 0.6) is 0 Å². The molecule has 2 aromatic carbocycles. The fraction of sp³-hybridized carbons (Fsp3) is 0.235. The van der Waals surface area contributed by atoms with Gasteiger partial charge >= 0.3 is 0 Å². The van der Waals surface area contributed by atoms with Crippen LogP contribution < -0.4 is 0 Å². The van der Waals surface area contributed by atoms with Gasteiger partial charge in [0.25, 0.3) is 0 Å². The van der Waals surface area contributed by atoms with Crippen molar-refractivity contribution in [1.82, 2.24) is 4.90 Å². The smallest absolute Gasteiger partial charge is 0.179 e. The van der Waals surface area contributed by atoms with Crippen LogP contribution in [0.25, 0.3) is 0 Å². The third-order valence-electron chi connectivity index (χ3n) is 3.56. The van der Waals surface area contributed by atoms with Crippen LogP contribution in [-0.4, -0.2) is 24.3 Å². The minimum Gasteiger partial charge on any atom is -0.293 e. The molecule has 0 spiro atoms. The highest BCUT2D eigenvalue weighted by Gasteiger charge is 2.18. The van der Waals surface area contributed by atoms with Gasteiger partial charge in [0.15, 0.2) is 5.78 Å². The van der Waals surface area contributed by atoms with Gasteiger partial charge in [-0.25, -0.2) is 4.39 Å². The predicted molar refractivity (Wildman–Crippen MR) is 83.2 cm³/mol. The van der Waals surface area contributed by atoms with E-state index in [1.165, 1.54) is 12.1 Å². The van der Waals surface area contributed by atoms with Gasteiger partial charge in [0.1, 0.15) is 5.82 Å². The Hall–Kier alpha value is -1.71. The van der Waals surface area contributed by atoms with E-state index >= 15 is 0 Å². The molecule has 0 bridgehead atoms. The van der Waals surface area contributed by atoms with Crippen LogP contribution in [0.15, 0.2) is 48.5 Å². The van der Waals surface area contributed by atoms with E-state index in [4.69, 9.17) is 11.6 Å². The maximum absolute atomic E-state index is 13.6. The maximum Gasteiger partial charge on any atom is 0.179 e. The van der Waals surface area contributed by atoms with E-state index in [1.54, 1.807) is 12.1 Å². The molecule has 0 N–H and O–H groups in total. The molecule has 21 heavy (non-hydrogen) atoms. The number of ketones is 1. The zero-order chi connectivity index (χ0) is 15.4. The van der Waals surface area contributed by atoms with E-state index in [0.717, 1.165) is 5.56 Å². The zero-order valence-electron chi connectivity index (χ0n) is 12.0. The number of nitrogens with zero attached hydrogens (tertiary/aromatic N) is 1. The summed E-state index contributed by atoms with van der Waals surface area (Å²) in [7, 11) is 1.84. The molecule has 0 radical (unpaired) electrons. The van der Waals surface area contributed by atoms with Crippen LogP contribution in [0, 0.1) is 5.82 Å². The molecule has 0 aliphatic heterocycles. The minimum atomic E-state index is -0.480. The summed E-state index contributed by atoms with van der Waals surface area (Å²) in [5.41, 5.74) is 1.15. The molecule has 0 aliphatic carbocycles. The third kappa shape index (κ3) is 3.90. The lowest BCUT2D eigenvalue weighted by Crippen LogP contribution is -2.29. The van der Waals surface area contributed by atoms with Gasteiger partial charge in [0, 0.05) is 11.1 Å². The molecule has 2 nitrogen and oxygen atoms in total. The molecule has 4 heteroatoms. The Labute approximate surface area is 129 Å². The number of benzene rings is 2. The van der Waals surface area contributed by atoms with Gasteiger partial charge in [-0.3, -0.25) is 9.69 Å². The van der Waals surface area contributed by atoms with Gasteiger partial charge in [-0.15, -0.1) is 0 Å². The Kier molecular flexibility index (Phi) is 5.10. The number of halogens is 2. The molecule has 0 aromatic heterocycles. The topological polar surface area (TPSA) is 20.3 Å². The van der Waals surface area contributed by atoms with Crippen LogP contribution in [0.4, 0.5) is 4.39 Å². The lowest BCUT2D eigenvalue weighted by atomic mass is 10.1. The Morgan fingerprint density at radius 2 is 1.95 bits per heavy atom. The lowest BCUT2D eigenvalue weighted by Gasteiger charge is -2.24. The van der Waals surface area contributed by atoms with Gasteiger partial charge in [0.2, 0.25) is 0 Å². The van der Waals surface area contributed by atoms with Crippen LogP contribution >= 0.6 is 11.6 Å². The number of likely N-dealkylation sites (N-methyl/N-ethyl adjacent to an activating group) is 1. The fourth-order valence-electron chi connectivity index (χ4n) is 2.16. The van der Waals surface area contributed by atoms with E-state index in [-0.39, 0.29) is 23.9 Å². The molecule has 2 aromatic rings. The van der Waals surface area contributed by atoms with Crippen molar-refractivity contribution in [3.63, 3.8) is 0 Å². The second kappa shape index (κ2) is 6.83. The zero-order valence-corrected chi connectivity index (χ0v) is 12.8. The van der Waals surface area contributed by atoms with E-state index in [1.807, 2.05) is 43.1 Å². The SMILES string of the molecule is CC(c1cccc(Cl)c1)N(C)CC(=O)c1ccccc1F. The van der Waals surface area contributed by atoms with Crippen LogP contribution in [0.1, 0.15) is 28.9 Å². The summed E-state index contributed by atoms with van der Waals surface area (Å²) in [5, 5.41) is 0.660. The summed E-state index contributed by atoms with van der Waals surface area (Å²) in [6.07, 6.45) is 0. The standard InChI is InChI=1S/C17H17ClFNO/c1-12(13-6-5-7-14(18)10-13)20(2)11-17(21)15-8-3-4-9-16(15)19/h3-10,12H,11H2,1-2H3. The number of Topliss-reactive ketones (excluding diaryl/α,β-unsaturated/α-hetero) is 1. The summed E-state index contributed by atoms with van der Waals surface area (Å²) in [6, 6.07) is 13.6. The van der Waals surface area contributed by atoms with Gasteiger partial charge in [-0.1, -0.05) is 35.9 Å². The highest BCUT2D eigenvalue weighted by atomic mass is 35.5.